The molecule has 19 heteroatoms. The third-order valence-electron chi connectivity index (χ3n) is 17.1. The van der Waals surface area contributed by atoms with Crippen LogP contribution in [-0.2, 0) is 65.4 Å². The molecule has 0 fully saturated rings. The van der Waals surface area contributed by atoms with E-state index in [1.807, 2.05) is 0 Å². The number of hydrogen-bond acceptors (Lipinski definition) is 15. The Hall–Kier alpha value is -1.94. The molecular formula is C74H144O17P2. The normalized spacial score (nSPS) is 14.2. The first-order chi connectivity index (χ1) is 44.6. The van der Waals surface area contributed by atoms with E-state index in [9.17, 15) is 43.2 Å². The molecule has 0 saturated carbocycles. The van der Waals surface area contributed by atoms with Gasteiger partial charge in [-0.2, -0.15) is 0 Å². The van der Waals surface area contributed by atoms with E-state index in [1.54, 1.807) is 0 Å². The van der Waals surface area contributed by atoms with E-state index in [0.717, 1.165) is 114 Å². The number of phosphoric acid groups is 2. The van der Waals surface area contributed by atoms with Gasteiger partial charge in [0, 0.05) is 25.7 Å². The van der Waals surface area contributed by atoms with Crippen molar-refractivity contribution in [2.24, 2.45) is 23.7 Å². The highest BCUT2D eigenvalue weighted by Gasteiger charge is 2.30. The highest BCUT2D eigenvalue weighted by molar-refractivity contribution is 7.47. The maximum Gasteiger partial charge on any atom is 0.472 e. The van der Waals surface area contributed by atoms with Crippen LogP contribution in [0.25, 0.3) is 0 Å². The number of unbranched alkanes of at least 4 members (excludes halogenated alkanes) is 37. The van der Waals surface area contributed by atoms with Gasteiger partial charge in [0.2, 0.25) is 0 Å². The molecule has 0 radical (unpaired) electrons. The fourth-order valence-corrected chi connectivity index (χ4v) is 12.8. The lowest BCUT2D eigenvalue weighted by Crippen LogP contribution is -2.30. The summed E-state index contributed by atoms with van der Waals surface area (Å²) >= 11 is 0. The van der Waals surface area contributed by atoms with E-state index in [-0.39, 0.29) is 25.7 Å². The highest BCUT2D eigenvalue weighted by Crippen LogP contribution is 2.45. The van der Waals surface area contributed by atoms with Crippen molar-refractivity contribution in [1.82, 2.24) is 0 Å². The summed E-state index contributed by atoms with van der Waals surface area (Å²) in [6.07, 6.45) is 47.2. The Morgan fingerprint density at radius 3 is 0.667 bits per heavy atom. The van der Waals surface area contributed by atoms with E-state index in [4.69, 9.17) is 37.0 Å². The number of phosphoric ester groups is 2. The lowest BCUT2D eigenvalue weighted by Gasteiger charge is -2.21. The van der Waals surface area contributed by atoms with Gasteiger partial charge in [0.1, 0.15) is 19.3 Å². The van der Waals surface area contributed by atoms with E-state index >= 15 is 0 Å². The number of carbonyl (C=O) groups excluding carboxylic acids is 4. The molecule has 0 aromatic heterocycles. The predicted octanol–water partition coefficient (Wildman–Crippen LogP) is 21.3. The van der Waals surface area contributed by atoms with Gasteiger partial charge in [-0.3, -0.25) is 37.3 Å². The second-order valence-corrected chi connectivity index (χ2v) is 31.5. The van der Waals surface area contributed by atoms with Gasteiger partial charge in [0.15, 0.2) is 12.2 Å². The standard InChI is InChI=1S/C74H144O17P2/c1-64(2)50-42-34-26-19-14-10-9-11-16-22-31-40-48-56-73(78)91-70(61-85-72(77)55-47-39-33-25-29-37-45-53-67(7)8)63-89-93(82,83)87-59-68(75)58-86-92(80,81)88-62-69(60-84-71(76)54-46-38-30-24-18-21-28-36-44-52-66(5)6)90-74(79)57-49-41-32-23-17-13-12-15-20-27-35-43-51-65(3)4/h64-70,75H,9-63H2,1-8H3,(H,80,81)(H,82,83)/t68?,69-,70-/m1/s1. The minimum Gasteiger partial charge on any atom is -0.462 e. The summed E-state index contributed by atoms with van der Waals surface area (Å²) < 4.78 is 68.4. The van der Waals surface area contributed by atoms with Gasteiger partial charge in [-0.25, -0.2) is 9.13 Å². The van der Waals surface area contributed by atoms with Crippen molar-refractivity contribution in [2.75, 3.05) is 39.6 Å². The van der Waals surface area contributed by atoms with Gasteiger partial charge >= 0.3 is 39.5 Å². The average Bonchev–Trinajstić information content (AvgIpc) is 2.02. The monoisotopic (exact) mass is 1370 g/mol. The first-order valence-electron chi connectivity index (χ1n) is 38.2. The molecule has 0 aliphatic carbocycles. The van der Waals surface area contributed by atoms with Crippen LogP contribution in [-0.4, -0.2) is 96.7 Å². The quantitative estimate of drug-likeness (QED) is 0.0222. The van der Waals surface area contributed by atoms with Gasteiger partial charge in [-0.05, 0) is 49.4 Å². The second-order valence-electron chi connectivity index (χ2n) is 28.6. The van der Waals surface area contributed by atoms with E-state index in [1.165, 1.54) is 167 Å². The molecule has 0 aromatic carbocycles. The SMILES string of the molecule is CC(C)CCCCCCCCCCCCCCCC(=O)O[C@H](COC(=O)CCCCCCCCCC(C)C)COP(=O)(O)OCC(O)COP(=O)(O)OC[C@@H](COC(=O)CCCCCCCCCCCC(C)C)OC(=O)CCCCCCCCCCCCCCC(C)C. The molecule has 0 amide bonds. The number of esters is 4. The minimum atomic E-state index is -4.96. The molecule has 5 atom stereocenters. The van der Waals surface area contributed by atoms with Crippen molar-refractivity contribution in [3.63, 3.8) is 0 Å². The molecule has 0 heterocycles. The molecule has 3 N–H and O–H groups in total. The molecule has 0 bridgehead atoms. The van der Waals surface area contributed by atoms with Crippen LogP contribution in [0.3, 0.4) is 0 Å². The number of carbonyl (C=O) groups is 4. The van der Waals surface area contributed by atoms with Crippen LogP contribution in [0.15, 0.2) is 0 Å². The Morgan fingerprint density at radius 2 is 0.452 bits per heavy atom. The van der Waals surface area contributed by atoms with Crippen molar-refractivity contribution in [3.8, 4) is 0 Å². The second kappa shape index (κ2) is 63.5. The van der Waals surface area contributed by atoms with Crippen LogP contribution in [0.1, 0.15) is 370 Å². The third kappa shape index (κ3) is 68.4. The van der Waals surface area contributed by atoms with Gasteiger partial charge in [-0.15, -0.1) is 0 Å². The molecule has 0 aromatic rings. The zero-order chi connectivity index (χ0) is 68.9. The molecule has 0 spiro atoms. The van der Waals surface area contributed by atoms with Crippen LogP contribution >= 0.6 is 15.6 Å². The molecule has 0 rings (SSSR count). The summed E-state index contributed by atoms with van der Waals surface area (Å²) in [5.41, 5.74) is 0. The number of rotatable bonds is 71. The Kier molecular flexibility index (Phi) is 62.2. The summed E-state index contributed by atoms with van der Waals surface area (Å²) in [6.45, 7) is 14.1. The maximum atomic E-state index is 13.1. The topological polar surface area (TPSA) is 237 Å². The molecule has 0 aliphatic heterocycles. The summed E-state index contributed by atoms with van der Waals surface area (Å²) in [4.78, 5) is 72.7. The fourth-order valence-electron chi connectivity index (χ4n) is 11.2. The lowest BCUT2D eigenvalue weighted by molar-refractivity contribution is -0.161. The lowest BCUT2D eigenvalue weighted by atomic mass is 10.0. The van der Waals surface area contributed by atoms with E-state index < -0.39 is 97.5 Å². The zero-order valence-corrected chi connectivity index (χ0v) is 62.7. The fraction of sp³-hybridized carbons (Fsp3) is 0.946. The van der Waals surface area contributed by atoms with Gasteiger partial charge < -0.3 is 33.8 Å². The molecular weight excluding hydrogens is 1220 g/mol. The Bertz CT molecular complexity index is 1830. The Labute approximate surface area is 568 Å². The number of aliphatic hydroxyl groups excluding tert-OH is 1. The predicted molar refractivity (Wildman–Crippen MR) is 377 cm³/mol. The average molecular weight is 1370 g/mol. The van der Waals surface area contributed by atoms with Crippen LogP contribution in [0, 0.1) is 23.7 Å². The number of aliphatic hydroxyl groups is 1. The highest BCUT2D eigenvalue weighted by atomic mass is 31.2. The Morgan fingerprint density at radius 1 is 0.269 bits per heavy atom. The first kappa shape index (κ1) is 91.1. The summed E-state index contributed by atoms with van der Waals surface area (Å²) in [7, 11) is -9.91. The van der Waals surface area contributed by atoms with Crippen molar-refractivity contribution < 1.29 is 80.2 Å². The van der Waals surface area contributed by atoms with Crippen LogP contribution in [0.4, 0.5) is 0 Å². The molecule has 17 nitrogen and oxygen atoms in total. The summed E-state index contributed by atoms with van der Waals surface area (Å²) in [6, 6.07) is 0. The first-order valence-corrected chi connectivity index (χ1v) is 41.2. The van der Waals surface area contributed by atoms with Crippen LogP contribution < -0.4 is 0 Å². The molecule has 0 aliphatic rings. The number of ether oxygens (including phenoxy) is 4. The van der Waals surface area contributed by atoms with Crippen molar-refractivity contribution in [1.29, 1.82) is 0 Å². The zero-order valence-electron chi connectivity index (χ0n) is 60.9. The molecule has 0 saturated heterocycles. The number of hydrogen-bond donors (Lipinski definition) is 3. The minimum absolute atomic E-state index is 0.106. The summed E-state index contributed by atoms with van der Waals surface area (Å²) in [5, 5.41) is 10.6. The molecule has 93 heavy (non-hydrogen) atoms. The van der Waals surface area contributed by atoms with Crippen molar-refractivity contribution in [2.45, 2.75) is 388 Å². The van der Waals surface area contributed by atoms with E-state index in [0.29, 0.717) is 31.6 Å². The molecule has 552 valence electrons. The Balaban J connectivity index is 5.25. The van der Waals surface area contributed by atoms with Gasteiger partial charge in [-0.1, -0.05) is 319 Å². The van der Waals surface area contributed by atoms with Crippen LogP contribution in [0.5, 0.6) is 0 Å². The van der Waals surface area contributed by atoms with Gasteiger partial charge in [0.05, 0.1) is 26.4 Å². The molecule has 3 unspecified atom stereocenters. The smallest absolute Gasteiger partial charge is 0.462 e. The third-order valence-corrected chi connectivity index (χ3v) is 19.0. The van der Waals surface area contributed by atoms with Crippen LogP contribution in [0.2, 0.25) is 0 Å². The largest absolute Gasteiger partial charge is 0.472 e. The van der Waals surface area contributed by atoms with Crippen molar-refractivity contribution >= 4 is 39.5 Å². The van der Waals surface area contributed by atoms with E-state index in [2.05, 4.69) is 55.4 Å². The maximum absolute atomic E-state index is 13.1. The van der Waals surface area contributed by atoms with Gasteiger partial charge in [0.25, 0.3) is 0 Å². The summed E-state index contributed by atoms with van der Waals surface area (Å²) in [5.74, 6) is 0.888. The van der Waals surface area contributed by atoms with Crippen molar-refractivity contribution in [3.05, 3.63) is 0 Å².